The van der Waals surface area contributed by atoms with E-state index in [9.17, 15) is 14.4 Å². The maximum absolute atomic E-state index is 12.3. The normalized spacial score (nSPS) is 13.3. The zero-order valence-electron chi connectivity index (χ0n) is 14.4. The van der Waals surface area contributed by atoms with Crippen LogP contribution >= 0.6 is 11.3 Å². The highest BCUT2D eigenvalue weighted by atomic mass is 32.1. The van der Waals surface area contributed by atoms with E-state index in [1.807, 2.05) is 5.38 Å². The molecule has 138 valence electrons. The molecule has 2 aromatic heterocycles. The largest absolute Gasteiger partial charge is 0.462 e. The second-order valence-corrected chi connectivity index (χ2v) is 6.80. The number of amides is 2. The molecule has 7 nitrogen and oxygen atoms in total. The number of esters is 1. The van der Waals surface area contributed by atoms with Crippen LogP contribution in [-0.4, -0.2) is 30.9 Å². The Bertz CT molecular complexity index is 793. The van der Waals surface area contributed by atoms with Crippen LogP contribution in [0.4, 0.5) is 5.00 Å². The molecule has 1 fully saturated rings. The second kappa shape index (κ2) is 8.18. The number of ether oxygens (including phenoxy) is 1. The molecule has 0 aromatic carbocycles. The van der Waals surface area contributed by atoms with Crippen molar-refractivity contribution in [3.05, 3.63) is 40.7 Å². The van der Waals surface area contributed by atoms with Gasteiger partial charge in [0.15, 0.2) is 5.76 Å². The maximum atomic E-state index is 12.3. The second-order valence-electron chi connectivity index (χ2n) is 5.92. The summed E-state index contributed by atoms with van der Waals surface area (Å²) >= 11 is 1.33. The van der Waals surface area contributed by atoms with Gasteiger partial charge in [0.2, 0.25) is 5.91 Å². The number of carbonyl (C=O) groups is 3. The number of thiophene rings is 1. The van der Waals surface area contributed by atoms with Crippen molar-refractivity contribution in [1.82, 2.24) is 5.32 Å². The van der Waals surface area contributed by atoms with E-state index in [2.05, 4.69) is 10.6 Å². The first-order chi connectivity index (χ1) is 12.6. The smallest absolute Gasteiger partial charge is 0.341 e. The molecule has 2 heterocycles. The van der Waals surface area contributed by atoms with Crippen molar-refractivity contribution >= 4 is 34.1 Å². The monoisotopic (exact) mass is 376 g/mol. The molecule has 8 heteroatoms. The quantitative estimate of drug-likeness (QED) is 0.690. The molecule has 2 amide bonds. The van der Waals surface area contributed by atoms with Crippen molar-refractivity contribution in [1.29, 1.82) is 0 Å². The van der Waals surface area contributed by atoms with E-state index < -0.39 is 5.97 Å². The molecule has 0 aliphatic heterocycles. The highest BCUT2D eigenvalue weighted by Gasteiger charge is 2.32. The average molecular weight is 376 g/mol. The zero-order valence-corrected chi connectivity index (χ0v) is 15.2. The van der Waals surface area contributed by atoms with Crippen molar-refractivity contribution in [2.75, 3.05) is 18.5 Å². The van der Waals surface area contributed by atoms with Crippen molar-refractivity contribution in [2.45, 2.75) is 32.1 Å². The van der Waals surface area contributed by atoms with Gasteiger partial charge in [-0.3, -0.25) is 9.59 Å². The maximum Gasteiger partial charge on any atom is 0.341 e. The number of hydrogen-bond acceptors (Lipinski definition) is 6. The number of carbonyl (C=O) groups excluding carboxylic acids is 3. The van der Waals surface area contributed by atoms with Crippen LogP contribution in [0.1, 0.15) is 58.6 Å². The van der Waals surface area contributed by atoms with E-state index >= 15 is 0 Å². The summed E-state index contributed by atoms with van der Waals surface area (Å²) < 4.78 is 10.1. The summed E-state index contributed by atoms with van der Waals surface area (Å²) in [5, 5.41) is 7.80. The fourth-order valence-electron chi connectivity index (χ4n) is 2.55. The SMILES string of the molecule is CCOC(=O)c1c(C2CC2)csc1NC(=O)CCNC(=O)c1ccco1. The third-order valence-corrected chi connectivity index (χ3v) is 4.87. The van der Waals surface area contributed by atoms with Crippen molar-refractivity contribution in [3.8, 4) is 0 Å². The molecule has 0 saturated heterocycles. The summed E-state index contributed by atoms with van der Waals surface area (Å²) in [6.45, 7) is 2.20. The topological polar surface area (TPSA) is 97.6 Å². The number of nitrogens with one attached hydrogen (secondary N) is 2. The first kappa shape index (κ1) is 18.2. The Morgan fingerprint density at radius 1 is 1.35 bits per heavy atom. The Morgan fingerprint density at radius 3 is 2.81 bits per heavy atom. The van der Waals surface area contributed by atoms with Gasteiger partial charge in [-0.25, -0.2) is 4.79 Å². The van der Waals surface area contributed by atoms with E-state index in [4.69, 9.17) is 9.15 Å². The Balaban J connectivity index is 1.57. The molecule has 0 spiro atoms. The number of anilines is 1. The fraction of sp³-hybridized carbons (Fsp3) is 0.389. The van der Waals surface area contributed by atoms with Gasteiger partial charge in [-0.1, -0.05) is 0 Å². The van der Waals surface area contributed by atoms with Crippen LogP contribution in [0, 0.1) is 0 Å². The van der Waals surface area contributed by atoms with Crippen molar-refractivity contribution < 1.29 is 23.5 Å². The van der Waals surface area contributed by atoms with E-state index in [0.717, 1.165) is 18.4 Å². The summed E-state index contributed by atoms with van der Waals surface area (Å²) in [4.78, 5) is 36.2. The van der Waals surface area contributed by atoms with Crippen molar-refractivity contribution in [2.24, 2.45) is 0 Å². The first-order valence-electron chi connectivity index (χ1n) is 8.50. The van der Waals surface area contributed by atoms with Gasteiger partial charge in [0.05, 0.1) is 18.4 Å². The van der Waals surface area contributed by atoms with E-state index in [1.54, 1.807) is 19.1 Å². The summed E-state index contributed by atoms with van der Waals surface area (Å²) in [7, 11) is 0. The van der Waals surface area contributed by atoms with Crippen LogP contribution in [0.25, 0.3) is 0 Å². The summed E-state index contributed by atoms with van der Waals surface area (Å²) in [5.41, 5.74) is 1.42. The minimum atomic E-state index is -0.405. The molecule has 26 heavy (non-hydrogen) atoms. The molecular formula is C18H20N2O5S. The molecule has 1 aliphatic carbocycles. The molecule has 3 rings (SSSR count). The lowest BCUT2D eigenvalue weighted by Gasteiger charge is -2.08. The molecule has 1 aliphatic rings. The predicted molar refractivity (Wildman–Crippen MR) is 96.5 cm³/mol. The molecule has 2 aromatic rings. The third-order valence-electron chi connectivity index (χ3n) is 3.95. The van der Waals surface area contributed by atoms with Gasteiger partial charge < -0.3 is 19.8 Å². The number of hydrogen-bond donors (Lipinski definition) is 2. The molecule has 0 unspecified atom stereocenters. The Labute approximate surface area is 154 Å². The lowest BCUT2D eigenvalue weighted by molar-refractivity contribution is -0.116. The number of furan rings is 1. The zero-order chi connectivity index (χ0) is 18.5. The van der Waals surface area contributed by atoms with E-state index in [0.29, 0.717) is 16.5 Å². The third kappa shape index (κ3) is 4.32. The minimum Gasteiger partial charge on any atom is -0.462 e. The molecule has 2 N–H and O–H groups in total. The molecular weight excluding hydrogens is 356 g/mol. The van der Waals surface area contributed by atoms with Crippen LogP contribution in [0.15, 0.2) is 28.2 Å². The van der Waals surface area contributed by atoms with E-state index in [-0.39, 0.29) is 37.1 Å². The van der Waals surface area contributed by atoms with Crippen LogP contribution < -0.4 is 10.6 Å². The van der Waals surface area contributed by atoms with Gasteiger partial charge in [0.25, 0.3) is 5.91 Å². The minimum absolute atomic E-state index is 0.0887. The predicted octanol–water partition coefficient (Wildman–Crippen LogP) is 3.15. The molecule has 0 radical (unpaired) electrons. The average Bonchev–Trinajstić information content (AvgIpc) is 3.14. The number of rotatable bonds is 8. The summed E-state index contributed by atoms with van der Waals surface area (Å²) in [5.74, 6) is -0.482. The van der Waals surface area contributed by atoms with Gasteiger partial charge in [0, 0.05) is 13.0 Å². The fourth-order valence-corrected chi connectivity index (χ4v) is 3.59. The van der Waals surface area contributed by atoms with Crippen LogP contribution in [0.5, 0.6) is 0 Å². The van der Waals surface area contributed by atoms with Gasteiger partial charge in [-0.2, -0.15) is 0 Å². The van der Waals surface area contributed by atoms with Gasteiger partial charge in [0.1, 0.15) is 5.00 Å². The first-order valence-corrected chi connectivity index (χ1v) is 9.38. The van der Waals surface area contributed by atoms with Crippen LogP contribution in [-0.2, 0) is 9.53 Å². The summed E-state index contributed by atoms with van der Waals surface area (Å²) in [6.07, 6.45) is 3.60. The van der Waals surface area contributed by atoms with Gasteiger partial charge in [-0.05, 0) is 48.8 Å². The van der Waals surface area contributed by atoms with Gasteiger partial charge >= 0.3 is 5.97 Å². The Hall–Kier alpha value is -2.61. The summed E-state index contributed by atoms with van der Waals surface area (Å²) in [6, 6.07) is 3.17. The molecule has 1 saturated carbocycles. The standard InChI is InChI=1S/C18H20N2O5S/c1-2-24-18(23)15-12(11-5-6-11)10-26-17(15)20-14(21)7-8-19-16(22)13-4-3-9-25-13/h3-4,9-11H,2,5-8H2,1H3,(H,19,22)(H,20,21). The Morgan fingerprint density at radius 2 is 2.15 bits per heavy atom. The highest BCUT2D eigenvalue weighted by molar-refractivity contribution is 7.15. The molecule has 0 atom stereocenters. The van der Waals surface area contributed by atoms with E-state index in [1.165, 1.54) is 17.6 Å². The van der Waals surface area contributed by atoms with Gasteiger partial charge in [-0.15, -0.1) is 11.3 Å². The van der Waals surface area contributed by atoms with Crippen molar-refractivity contribution in [3.63, 3.8) is 0 Å². The lowest BCUT2D eigenvalue weighted by atomic mass is 10.1. The van der Waals surface area contributed by atoms with Crippen LogP contribution in [0.3, 0.4) is 0 Å². The van der Waals surface area contributed by atoms with Crippen LogP contribution in [0.2, 0.25) is 0 Å². The highest BCUT2D eigenvalue weighted by Crippen LogP contribution is 2.46. The molecule has 0 bridgehead atoms. The Kier molecular flexibility index (Phi) is 5.72. The lowest BCUT2D eigenvalue weighted by Crippen LogP contribution is -2.27.